The molecule has 0 saturated heterocycles. The van der Waals surface area contributed by atoms with Crippen LogP contribution in [0.1, 0.15) is 33.4 Å². The van der Waals surface area contributed by atoms with Crippen LogP contribution in [0.15, 0.2) is 176 Å². The number of aromatic nitrogens is 3. The maximum Gasteiger partial charge on any atom is 0.164 e. The summed E-state index contributed by atoms with van der Waals surface area (Å²) in [5.41, 5.74) is 14.4. The number of fused-ring (bicyclic) bond motifs is 3. The Morgan fingerprint density at radius 3 is 1.47 bits per heavy atom. The molecule has 0 unspecified atom stereocenters. The van der Waals surface area contributed by atoms with Gasteiger partial charge in [-0.25, -0.2) is 15.0 Å². The zero-order valence-electron chi connectivity index (χ0n) is 28.6. The van der Waals surface area contributed by atoms with Crippen molar-refractivity contribution in [2.75, 3.05) is 0 Å². The van der Waals surface area contributed by atoms with Crippen LogP contribution in [-0.4, -0.2) is 15.0 Å². The first kappa shape index (κ1) is 30.6. The second kappa shape index (κ2) is 12.5. The van der Waals surface area contributed by atoms with Crippen LogP contribution in [0, 0.1) is 13.8 Å². The second-order valence-electron chi connectivity index (χ2n) is 13.4. The van der Waals surface area contributed by atoms with E-state index in [0.717, 1.165) is 27.8 Å². The van der Waals surface area contributed by atoms with Crippen LogP contribution in [0.3, 0.4) is 0 Å². The van der Waals surface area contributed by atoms with Gasteiger partial charge in [0.25, 0.3) is 0 Å². The molecule has 1 aliphatic carbocycles. The molecule has 0 saturated carbocycles. The van der Waals surface area contributed by atoms with Crippen molar-refractivity contribution in [3.05, 3.63) is 209 Å². The average molecular weight is 654 g/mol. The van der Waals surface area contributed by atoms with Crippen molar-refractivity contribution in [2.45, 2.75) is 19.3 Å². The second-order valence-corrected chi connectivity index (χ2v) is 13.4. The van der Waals surface area contributed by atoms with E-state index in [0.29, 0.717) is 17.5 Å². The molecule has 0 N–H and O–H groups in total. The first-order valence-electron chi connectivity index (χ1n) is 17.4. The quantitative estimate of drug-likeness (QED) is 0.179. The van der Waals surface area contributed by atoms with Crippen LogP contribution in [0.25, 0.3) is 56.4 Å². The lowest BCUT2D eigenvalue weighted by Crippen LogP contribution is -2.28. The first-order valence-corrected chi connectivity index (χ1v) is 17.4. The van der Waals surface area contributed by atoms with E-state index in [1.807, 2.05) is 6.07 Å². The van der Waals surface area contributed by atoms with Crippen molar-refractivity contribution in [3.8, 4) is 56.4 Å². The lowest BCUT2D eigenvalue weighted by molar-refractivity contribution is 0.768. The fraction of sp³-hybridized carbons (Fsp3) is 0.0625. The van der Waals surface area contributed by atoms with Gasteiger partial charge < -0.3 is 0 Å². The molecule has 0 aliphatic heterocycles. The van der Waals surface area contributed by atoms with Gasteiger partial charge in [0.05, 0.1) is 5.41 Å². The minimum Gasteiger partial charge on any atom is -0.208 e. The molecule has 0 amide bonds. The van der Waals surface area contributed by atoms with Crippen molar-refractivity contribution in [1.29, 1.82) is 0 Å². The van der Waals surface area contributed by atoms with Crippen LogP contribution < -0.4 is 0 Å². The predicted octanol–water partition coefficient (Wildman–Crippen LogP) is 11.5. The number of nitrogens with zero attached hydrogens (tertiary/aromatic N) is 3. The molecule has 7 aromatic carbocycles. The Labute approximate surface area is 299 Å². The molecular formula is C48H35N3. The van der Waals surface area contributed by atoms with Gasteiger partial charge in [-0.15, -0.1) is 0 Å². The molecule has 0 atom stereocenters. The number of hydrogen-bond acceptors (Lipinski definition) is 3. The zero-order valence-corrected chi connectivity index (χ0v) is 28.6. The number of aryl methyl sites for hydroxylation is 2. The Morgan fingerprint density at radius 1 is 0.353 bits per heavy atom. The highest BCUT2D eigenvalue weighted by molar-refractivity contribution is 5.94. The van der Waals surface area contributed by atoms with Crippen molar-refractivity contribution < 1.29 is 0 Å². The highest BCUT2D eigenvalue weighted by Gasteiger charge is 2.47. The Balaban J connectivity index is 1.30. The van der Waals surface area contributed by atoms with Crippen LogP contribution in [0.5, 0.6) is 0 Å². The number of rotatable bonds is 6. The van der Waals surface area contributed by atoms with Crippen molar-refractivity contribution >= 4 is 0 Å². The fourth-order valence-electron chi connectivity index (χ4n) is 7.98. The minimum absolute atomic E-state index is 0.510. The van der Waals surface area contributed by atoms with E-state index in [9.17, 15) is 0 Å². The molecule has 51 heavy (non-hydrogen) atoms. The first-order chi connectivity index (χ1) is 25.1. The summed E-state index contributed by atoms with van der Waals surface area (Å²) >= 11 is 0. The lowest BCUT2D eigenvalue weighted by Gasteiger charge is -2.33. The summed E-state index contributed by atoms with van der Waals surface area (Å²) in [4.78, 5) is 15.7. The van der Waals surface area contributed by atoms with Gasteiger partial charge in [-0.2, -0.15) is 0 Å². The highest BCUT2D eigenvalue weighted by Crippen LogP contribution is 2.58. The summed E-state index contributed by atoms with van der Waals surface area (Å²) in [5.74, 6) is 1.97. The summed E-state index contributed by atoms with van der Waals surface area (Å²) in [6.07, 6.45) is 0. The Hall–Kier alpha value is -6.45. The predicted molar refractivity (Wildman–Crippen MR) is 208 cm³/mol. The SMILES string of the molecule is Cc1cc(C)cc(-c2nc(-c3ccc(-c4ccccc4)cc3)nc(-c3cccc4c3-c3ccccc3C4(c3ccccc3)c3ccccc3)n2)c1. The molecule has 0 spiro atoms. The third kappa shape index (κ3) is 5.17. The third-order valence-electron chi connectivity index (χ3n) is 10.1. The number of benzene rings is 7. The van der Waals surface area contributed by atoms with Gasteiger partial charge in [-0.1, -0.05) is 175 Å². The van der Waals surface area contributed by atoms with Crippen molar-refractivity contribution in [2.24, 2.45) is 0 Å². The largest absolute Gasteiger partial charge is 0.208 e. The van der Waals surface area contributed by atoms with Gasteiger partial charge in [0, 0.05) is 16.7 Å². The molecule has 3 nitrogen and oxygen atoms in total. The molecule has 1 aromatic heterocycles. The average Bonchev–Trinajstić information content (AvgIpc) is 3.50. The van der Waals surface area contributed by atoms with Gasteiger partial charge in [-0.05, 0) is 70.5 Å². The van der Waals surface area contributed by atoms with Gasteiger partial charge >= 0.3 is 0 Å². The van der Waals surface area contributed by atoms with Crippen molar-refractivity contribution in [1.82, 2.24) is 15.0 Å². The summed E-state index contributed by atoms with van der Waals surface area (Å²) in [6.45, 7) is 4.24. The summed E-state index contributed by atoms with van der Waals surface area (Å²) in [5, 5.41) is 0. The van der Waals surface area contributed by atoms with Crippen LogP contribution in [-0.2, 0) is 5.41 Å². The number of hydrogen-bond donors (Lipinski definition) is 0. The molecule has 8 aromatic rings. The van der Waals surface area contributed by atoms with E-state index in [4.69, 9.17) is 15.0 Å². The molecule has 0 radical (unpaired) electrons. The maximum absolute atomic E-state index is 5.27. The third-order valence-corrected chi connectivity index (χ3v) is 10.1. The summed E-state index contributed by atoms with van der Waals surface area (Å²) in [7, 11) is 0. The Bertz CT molecular complexity index is 2460. The van der Waals surface area contributed by atoms with Gasteiger partial charge in [0.15, 0.2) is 17.5 Å². The Kier molecular flexibility index (Phi) is 7.48. The normalized spacial score (nSPS) is 12.7. The monoisotopic (exact) mass is 653 g/mol. The molecular weight excluding hydrogens is 619 g/mol. The summed E-state index contributed by atoms with van der Waals surface area (Å²) < 4.78 is 0. The molecule has 0 bridgehead atoms. The highest BCUT2D eigenvalue weighted by atomic mass is 15.0. The van der Waals surface area contributed by atoms with E-state index in [1.54, 1.807) is 0 Å². The van der Waals surface area contributed by atoms with E-state index in [1.165, 1.54) is 44.5 Å². The lowest BCUT2D eigenvalue weighted by atomic mass is 9.67. The Morgan fingerprint density at radius 2 is 0.824 bits per heavy atom. The molecule has 242 valence electrons. The van der Waals surface area contributed by atoms with Gasteiger partial charge in [0.1, 0.15) is 0 Å². The van der Waals surface area contributed by atoms with Crippen LogP contribution in [0.4, 0.5) is 0 Å². The molecule has 1 heterocycles. The molecule has 1 aliphatic rings. The van der Waals surface area contributed by atoms with E-state index >= 15 is 0 Å². The zero-order chi connectivity index (χ0) is 34.4. The standard InChI is InChI=1S/C48H35N3/c1-32-29-33(2)31-37(30-32)46-49-45(36-27-25-35(26-28-36)34-15-6-3-7-16-34)50-47(51-46)41-22-14-24-43-44(41)40-21-12-13-23-42(40)48(43,38-17-8-4-9-18-38)39-19-10-5-11-20-39/h3-31H,1-2H3. The van der Waals surface area contributed by atoms with Gasteiger partial charge in [0.2, 0.25) is 0 Å². The fourth-order valence-corrected chi connectivity index (χ4v) is 7.98. The topological polar surface area (TPSA) is 38.7 Å². The minimum atomic E-state index is -0.510. The van der Waals surface area contributed by atoms with Crippen LogP contribution in [0.2, 0.25) is 0 Å². The van der Waals surface area contributed by atoms with E-state index in [2.05, 4.69) is 184 Å². The van der Waals surface area contributed by atoms with Crippen molar-refractivity contribution in [3.63, 3.8) is 0 Å². The maximum atomic E-state index is 5.27. The molecule has 0 fully saturated rings. The van der Waals surface area contributed by atoms with E-state index in [-0.39, 0.29) is 0 Å². The smallest absolute Gasteiger partial charge is 0.164 e. The van der Waals surface area contributed by atoms with E-state index < -0.39 is 5.41 Å². The molecule has 3 heteroatoms. The molecule has 9 rings (SSSR count). The summed E-state index contributed by atoms with van der Waals surface area (Å²) in [6, 6.07) is 62.7. The van der Waals surface area contributed by atoms with Crippen LogP contribution >= 0.6 is 0 Å². The van der Waals surface area contributed by atoms with Gasteiger partial charge in [-0.3, -0.25) is 0 Å².